The molecule has 0 spiro atoms. The van der Waals surface area contributed by atoms with Crippen LogP contribution in [0, 0.1) is 0 Å². The van der Waals surface area contributed by atoms with Gasteiger partial charge < -0.3 is 10.2 Å². The Morgan fingerprint density at radius 3 is 2.57 bits per heavy atom. The largest absolute Gasteiger partial charge is 0.355 e. The molecule has 1 fully saturated rings. The molecule has 0 aromatic carbocycles. The Balaban J connectivity index is 1.66. The summed E-state index contributed by atoms with van der Waals surface area (Å²) in [7, 11) is 0. The first-order valence-electron chi connectivity index (χ1n) is 7.80. The van der Waals surface area contributed by atoms with Crippen molar-refractivity contribution in [3.05, 3.63) is 18.5 Å². The molecule has 116 valence electrons. The van der Waals surface area contributed by atoms with Gasteiger partial charge in [0.1, 0.15) is 0 Å². The van der Waals surface area contributed by atoms with Crippen LogP contribution in [0.15, 0.2) is 18.5 Å². The molecule has 1 aliphatic heterocycles. The lowest BCUT2D eigenvalue weighted by atomic mass is 10.2. The number of unbranched alkanes of at least 4 members (excludes halogenated alkanes) is 2. The molecule has 1 N–H and O–H groups in total. The number of aromatic nitrogens is 2. The third-order valence-electron chi connectivity index (χ3n) is 3.68. The van der Waals surface area contributed by atoms with Crippen molar-refractivity contribution in [1.82, 2.24) is 20.2 Å². The van der Waals surface area contributed by atoms with Gasteiger partial charge in [-0.3, -0.25) is 9.69 Å². The molecular formula is C15H25N5O. The van der Waals surface area contributed by atoms with Crippen LogP contribution in [0.1, 0.15) is 26.2 Å². The third kappa shape index (κ3) is 5.30. The van der Waals surface area contributed by atoms with Crippen LogP contribution >= 0.6 is 0 Å². The minimum absolute atomic E-state index is 0.135. The number of carbonyl (C=O) groups excluding carboxylic acids is 1. The Labute approximate surface area is 126 Å². The van der Waals surface area contributed by atoms with E-state index in [0.717, 1.165) is 45.1 Å². The summed E-state index contributed by atoms with van der Waals surface area (Å²) in [5.41, 5.74) is 0. The van der Waals surface area contributed by atoms with Crippen LogP contribution in [0.5, 0.6) is 0 Å². The minimum Gasteiger partial charge on any atom is -0.355 e. The number of carbonyl (C=O) groups is 1. The second-order valence-electron chi connectivity index (χ2n) is 5.37. The molecule has 2 heterocycles. The Morgan fingerprint density at radius 1 is 1.19 bits per heavy atom. The Kier molecular flexibility index (Phi) is 6.40. The SMILES string of the molecule is CCCCCNC(=O)CN1CCN(c2ncccn2)CC1. The number of nitrogens with one attached hydrogen (secondary N) is 1. The first kappa shape index (κ1) is 15.7. The lowest BCUT2D eigenvalue weighted by Gasteiger charge is -2.34. The minimum atomic E-state index is 0.135. The lowest BCUT2D eigenvalue weighted by Crippen LogP contribution is -2.50. The first-order chi connectivity index (χ1) is 10.3. The van der Waals surface area contributed by atoms with E-state index in [1.54, 1.807) is 12.4 Å². The maximum absolute atomic E-state index is 11.8. The number of nitrogens with zero attached hydrogens (tertiary/aromatic N) is 4. The van der Waals surface area contributed by atoms with Crippen LogP contribution in [-0.4, -0.2) is 60.0 Å². The predicted molar refractivity (Wildman–Crippen MR) is 83.2 cm³/mol. The molecule has 1 aliphatic rings. The summed E-state index contributed by atoms with van der Waals surface area (Å²) in [5, 5.41) is 2.99. The number of piperazine rings is 1. The van der Waals surface area contributed by atoms with E-state index in [2.05, 4.69) is 32.0 Å². The third-order valence-corrected chi connectivity index (χ3v) is 3.68. The topological polar surface area (TPSA) is 61.4 Å². The zero-order valence-electron chi connectivity index (χ0n) is 12.8. The van der Waals surface area contributed by atoms with Crippen molar-refractivity contribution >= 4 is 11.9 Å². The van der Waals surface area contributed by atoms with Gasteiger partial charge in [-0.15, -0.1) is 0 Å². The van der Waals surface area contributed by atoms with Crippen molar-refractivity contribution in [1.29, 1.82) is 0 Å². The molecule has 6 nitrogen and oxygen atoms in total. The van der Waals surface area contributed by atoms with Gasteiger partial charge in [0.2, 0.25) is 11.9 Å². The maximum atomic E-state index is 11.8. The van der Waals surface area contributed by atoms with Crippen LogP contribution in [0.2, 0.25) is 0 Å². The Hall–Kier alpha value is -1.69. The van der Waals surface area contributed by atoms with Crippen molar-refractivity contribution in [3.63, 3.8) is 0 Å². The standard InChI is InChI=1S/C15H25N5O/c1-2-3-4-6-16-14(21)13-19-9-11-20(12-10-19)15-17-7-5-8-18-15/h5,7-8H,2-4,6,9-13H2,1H3,(H,16,21). The summed E-state index contributed by atoms with van der Waals surface area (Å²) in [6.07, 6.45) is 6.95. The van der Waals surface area contributed by atoms with Crippen LogP contribution in [-0.2, 0) is 4.79 Å². The molecular weight excluding hydrogens is 266 g/mol. The van der Waals surface area contributed by atoms with Gasteiger partial charge in [0, 0.05) is 45.1 Å². The van der Waals surface area contributed by atoms with Gasteiger partial charge in [-0.2, -0.15) is 0 Å². The fourth-order valence-corrected chi connectivity index (χ4v) is 2.42. The maximum Gasteiger partial charge on any atom is 0.234 e. The van der Waals surface area contributed by atoms with E-state index in [9.17, 15) is 4.79 Å². The molecule has 0 unspecified atom stereocenters. The molecule has 1 amide bonds. The van der Waals surface area contributed by atoms with Crippen LogP contribution in [0.25, 0.3) is 0 Å². The summed E-state index contributed by atoms with van der Waals surface area (Å²) in [6.45, 7) is 6.94. The van der Waals surface area contributed by atoms with Crippen molar-refractivity contribution in [3.8, 4) is 0 Å². The van der Waals surface area contributed by atoms with E-state index >= 15 is 0 Å². The average molecular weight is 291 g/mol. The van der Waals surface area contributed by atoms with Gasteiger partial charge in [-0.25, -0.2) is 9.97 Å². The monoisotopic (exact) mass is 291 g/mol. The first-order valence-corrected chi connectivity index (χ1v) is 7.80. The summed E-state index contributed by atoms with van der Waals surface area (Å²) in [6, 6.07) is 1.82. The second-order valence-corrected chi connectivity index (χ2v) is 5.37. The molecule has 6 heteroatoms. The normalized spacial score (nSPS) is 16.0. The number of anilines is 1. The smallest absolute Gasteiger partial charge is 0.234 e. The molecule has 0 saturated carbocycles. The Bertz CT molecular complexity index is 417. The average Bonchev–Trinajstić information content (AvgIpc) is 2.53. The second kappa shape index (κ2) is 8.56. The van der Waals surface area contributed by atoms with Gasteiger partial charge in [-0.05, 0) is 12.5 Å². The number of hydrogen-bond donors (Lipinski definition) is 1. The van der Waals surface area contributed by atoms with Crippen molar-refractivity contribution in [2.24, 2.45) is 0 Å². The fraction of sp³-hybridized carbons (Fsp3) is 0.667. The number of hydrogen-bond acceptors (Lipinski definition) is 5. The molecule has 1 aromatic heterocycles. The highest BCUT2D eigenvalue weighted by molar-refractivity contribution is 5.78. The molecule has 2 rings (SSSR count). The molecule has 21 heavy (non-hydrogen) atoms. The van der Waals surface area contributed by atoms with Crippen molar-refractivity contribution in [2.45, 2.75) is 26.2 Å². The highest BCUT2D eigenvalue weighted by Crippen LogP contribution is 2.09. The van der Waals surface area contributed by atoms with Crippen LogP contribution in [0.4, 0.5) is 5.95 Å². The highest BCUT2D eigenvalue weighted by Gasteiger charge is 2.20. The fourth-order valence-electron chi connectivity index (χ4n) is 2.42. The summed E-state index contributed by atoms with van der Waals surface area (Å²) in [5.74, 6) is 0.914. The molecule has 0 atom stereocenters. The van der Waals surface area contributed by atoms with Gasteiger partial charge in [-0.1, -0.05) is 19.8 Å². The van der Waals surface area contributed by atoms with Gasteiger partial charge in [0.15, 0.2) is 0 Å². The molecule has 0 aliphatic carbocycles. The molecule has 0 bridgehead atoms. The van der Waals surface area contributed by atoms with Gasteiger partial charge in [0.05, 0.1) is 6.54 Å². The van der Waals surface area contributed by atoms with E-state index in [0.29, 0.717) is 6.54 Å². The zero-order chi connectivity index (χ0) is 14.9. The molecule has 0 radical (unpaired) electrons. The van der Waals surface area contributed by atoms with Crippen LogP contribution in [0.3, 0.4) is 0 Å². The van der Waals surface area contributed by atoms with Gasteiger partial charge >= 0.3 is 0 Å². The van der Waals surface area contributed by atoms with Crippen molar-refractivity contribution < 1.29 is 4.79 Å². The van der Waals surface area contributed by atoms with Crippen LogP contribution < -0.4 is 10.2 Å². The van der Waals surface area contributed by atoms with E-state index in [4.69, 9.17) is 0 Å². The predicted octanol–water partition coefficient (Wildman–Crippen LogP) is 0.905. The van der Waals surface area contributed by atoms with E-state index < -0.39 is 0 Å². The quantitative estimate of drug-likeness (QED) is 0.757. The Morgan fingerprint density at radius 2 is 1.90 bits per heavy atom. The van der Waals surface area contributed by atoms with Gasteiger partial charge in [0.25, 0.3) is 0 Å². The number of amides is 1. The van der Waals surface area contributed by atoms with E-state index in [-0.39, 0.29) is 5.91 Å². The highest BCUT2D eigenvalue weighted by atomic mass is 16.2. The zero-order valence-corrected chi connectivity index (χ0v) is 12.8. The number of rotatable bonds is 7. The summed E-state index contributed by atoms with van der Waals surface area (Å²) >= 11 is 0. The lowest BCUT2D eigenvalue weighted by molar-refractivity contribution is -0.122. The summed E-state index contributed by atoms with van der Waals surface area (Å²) in [4.78, 5) is 24.7. The summed E-state index contributed by atoms with van der Waals surface area (Å²) < 4.78 is 0. The molecule has 1 saturated heterocycles. The van der Waals surface area contributed by atoms with E-state index in [1.165, 1.54) is 12.8 Å². The molecule has 1 aromatic rings. The van der Waals surface area contributed by atoms with Crippen molar-refractivity contribution in [2.75, 3.05) is 44.2 Å². The van der Waals surface area contributed by atoms with E-state index in [1.807, 2.05) is 6.07 Å².